The Balaban J connectivity index is 1.87. The van der Waals surface area contributed by atoms with Gasteiger partial charge >= 0.3 is 0 Å². The molecule has 1 aliphatic heterocycles. The summed E-state index contributed by atoms with van der Waals surface area (Å²) in [5.41, 5.74) is 2.90. The van der Waals surface area contributed by atoms with Gasteiger partial charge in [-0.05, 0) is 55.7 Å². The van der Waals surface area contributed by atoms with Crippen molar-refractivity contribution in [1.82, 2.24) is 0 Å². The minimum atomic E-state index is 0.0826. The van der Waals surface area contributed by atoms with E-state index in [0.29, 0.717) is 12.1 Å². The predicted octanol–water partition coefficient (Wildman–Crippen LogP) is 4.28. The third kappa shape index (κ3) is 4.08. The zero-order chi connectivity index (χ0) is 17.6. The highest BCUT2D eigenvalue weighted by Gasteiger charge is 2.21. The Morgan fingerprint density at radius 2 is 1.88 bits per heavy atom. The summed E-state index contributed by atoms with van der Waals surface area (Å²) in [6.07, 6.45) is 3.17. The van der Waals surface area contributed by atoms with Gasteiger partial charge in [-0.25, -0.2) is 0 Å². The number of aliphatic imine (C=N–C) groups is 1. The maximum absolute atomic E-state index is 12.8. The third-order valence-electron chi connectivity index (χ3n) is 4.53. The van der Waals surface area contributed by atoms with Gasteiger partial charge in [0, 0.05) is 24.2 Å². The summed E-state index contributed by atoms with van der Waals surface area (Å²) in [5.74, 6) is 1.85. The molecular formula is C21H24N2O2. The molecule has 25 heavy (non-hydrogen) atoms. The fourth-order valence-electron chi connectivity index (χ4n) is 3.10. The summed E-state index contributed by atoms with van der Waals surface area (Å²) in [6, 6.07) is 15.4. The van der Waals surface area contributed by atoms with Crippen LogP contribution in [0.2, 0.25) is 0 Å². The van der Waals surface area contributed by atoms with Crippen molar-refractivity contribution in [2.75, 3.05) is 25.1 Å². The summed E-state index contributed by atoms with van der Waals surface area (Å²) in [7, 11) is 1.62. The number of methoxy groups -OCH3 is 1. The molecule has 4 nitrogen and oxygen atoms in total. The molecule has 1 aliphatic rings. The number of carbonyl (C=O) groups is 1. The first kappa shape index (κ1) is 17.2. The number of ketones is 1. The smallest absolute Gasteiger partial charge is 0.182 e. The van der Waals surface area contributed by atoms with Gasteiger partial charge in [-0.2, -0.15) is 0 Å². The number of anilines is 1. The van der Waals surface area contributed by atoms with Crippen LogP contribution in [0.15, 0.2) is 53.5 Å². The number of para-hydroxylation sites is 1. The molecule has 0 unspecified atom stereocenters. The van der Waals surface area contributed by atoms with Crippen molar-refractivity contribution in [2.24, 2.45) is 4.99 Å². The molecule has 2 aromatic carbocycles. The molecule has 0 aliphatic carbocycles. The summed E-state index contributed by atoms with van der Waals surface area (Å²) in [5, 5.41) is 0. The highest BCUT2D eigenvalue weighted by Crippen LogP contribution is 2.24. The minimum Gasteiger partial charge on any atom is -0.497 e. The van der Waals surface area contributed by atoms with Crippen LogP contribution in [0, 0.1) is 6.92 Å². The van der Waals surface area contributed by atoms with Crippen LogP contribution in [-0.2, 0) is 0 Å². The van der Waals surface area contributed by atoms with E-state index in [1.807, 2.05) is 36.4 Å². The molecule has 0 amide bonds. The van der Waals surface area contributed by atoms with Crippen LogP contribution in [0.3, 0.4) is 0 Å². The second kappa shape index (κ2) is 7.97. The Bertz CT molecular complexity index is 766. The molecular weight excluding hydrogens is 312 g/mol. The van der Waals surface area contributed by atoms with E-state index < -0.39 is 0 Å². The van der Waals surface area contributed by atoms with Gasteiger partial charge < -0.3 is 9.64 Å². The first-order chi connectivity index (χ1) is 12.2. The van der Waals surface area contributed by atoms with Crippen molar-refractivity contribution in [3.8, 4) is 5.75 Å². The van der Waals surface area contributed by atoms with Gasteiger partial charge in [-0.3, -0.25) is 9.79 Å². The summed E-state index contributed by atoms with van der Waals surface area (Å²) >= 11 is 0. The Morgan fingerprint density at radius 1 is 1.12 bits per heavy atom. The van der Waals surface area contributed by atoms with Gasteiger partial charge in [0.2, 0.25) is 0 Å². The van der Waals surface area contributed by atoms with Crippen molar-refractivity contribution in [3.63, 3.8) is 0 Å². The number of rotatable bonds is 5. The number of aryl methyl sites for hydroxylation is 1. The van der Waals surface area contributed by atoms with Crippen LogP contribution >= 0.6 is 0 Å². The quantitative estimate of drug-likeness (QED) is 0.766. The van der Waals surface area contributed by atoms with E-state index in [1.54, 1.807) is 7.11 Å². The third-order valence-corrected chi connectivity index (χ3v) is 4.53. The molecule has 0 N–H and O–H groups in total. The van der Waals surface area contributed by atoms with E-state index >= 15 is 0 Å². The largest absolute Gasteiger partial charge is 0.497 e. The highest BCUT2D eigenvalue weighted by atomic mass is 16.5. The van der Waals surface area contributed by atoms with Crippen molar-refractivity contribution in [2.45, 2.75) is 26.2 Å². The zero-order valence-electron chi connectivity index (χ0n) is 14.9. The van der Waals surface area contributed by atoms with E-state index in [0.717, 1.165) is 48.6 Å². The van der Waals surface area contributed by atoms with Crippen molar-refractivity contribution in [3.05, 3.63) is 59.7 Å². The van der Waals surface area contributed by atoms with Gasteiger partial charge in [0.05, 0.1) is 13.7 Å². The number of amidine groups is 1. The topological polar surface area (TPSA) is 41.9 Å². The van der Waals surface area contributed by atoms with E-state index in [1.165, 1.54) is 0 Å². The van der Waals surface area contributed by atoms with Gasteiger partial charge in [-0.15, -0.1) is 0 Å². The molecule has 0 spiro atoms. The van der Waals surface area contributed by atoms with Gasteiger partial charge in [0.15, 0.2) is 5.78 Å². The number of ether oxygens (including phenoxy) is 1. The highest BCUT2D eigenvalue weighted by molar-refractivity contribution is 6.07. The molecule has 0 aromatic heterocycles. The standard InChI is InChI=1S/C21H24N2O2/c1-16-7-3-4-8-19(16)23(21-9-5-6-14-22-21)15-20(24)17-10-12-18(25-2)13-11-17/h3-4,7-8,10-13H,5-6,9,14-15H2,1-2H3. The number of benzene rings is 2. The lowest BCUT2D eigenvalue weighted by Crippen LogP contribution is -2.37. The molecule has 3 rings (SSSR count). The lowest BCUT2D eigenvalue weighted by Gasteiger charge is -2.29. The normalized spacial score (nSPS) is 13.9. The Hall–Kier alpha value is -2.62. The molecule has 0 fully saturated rings. The van der Waals surface area contributed by atoms with Crippen LogP contribution in [0.1, 0.15) is 35.2 Å². The van der Waals surface area contributed by atoms with Gasteiger partial charge in [0.25, 0.3) is 0 Å². The van der Waals surface area contributed by atoms with Crippen molar-refractivity contribution < 1.29 is 9.53 Å². The molecule has 1 heterocycles. The zero-order valence-corrected chi connectivity index (χ0v) is 14.9. The van der Waals surface area contributed by atoms with Crippen LogP contribution in [0.4, 0.5) is 5.69 Å². The lowest BCUT2D eigenvalue weighted by atomic mass is 10.1. The molecule has 4 heteroatoms. The predicted molar refractivity (Wildman–Crippen MR) is 102 cm³/mol. The van der Waals surface area contributed by atoms with E-state index in [4.69, 9.17) is 9.73 Å². The van der Waals surface area contributed by atoms with Crippen LogP contribution < -0.4 is 9.64 Å². The molecule has 0 atom stereocenters. The first-order valence-electron chi connectivity index (χ1n) is 8.73. The Labute approximate surface area is 149 Å². The van der Waals surface area contributed by atoms with E-state index in [9.17, 15) is 4.79 Å². The second-order valence-electron chi connectivity index (χ2n) is 6.28. The average Bonchev–Trinajstić information content (AvgIpc) is 2.67. The van der Waals surface area contributed by atoms with Crippen LogP contribution in [0.25, 0.3) is 0 Å². The van der Waals surface area contributed by atoms with Crippen LogP contribution in [-0.4, -0.2) is 31.8 Å². The van der Waals surface area contributed by atoms with Crippen LogP contribution in [0.5, 0.6) is 5.75 Å². The Kier molecular flexibility index (Phi) is 5.49. The fourth-order valence-corrected chi connectivity index (χ4v) is 3.10. The number of hydrogen-bond acceptors (Lipinski definition) is 4. The van der Waals surface area contributed by atoms with E-state index in [-0.39, 0.29) is 5.78 Å². The second-order valence-corrected chi connectivity index (χ2v) is 6.28. The Morgan fingerprint density at radius 3 is 2.52 bits per heavy atom. The lowest BCUT2D eigenvalue weighted by molar-refractivity contribution is 0.100. The number of carbonyl (C=O) groups excluding carboxylic acids is 1. The molecule has 0 radical (unpaired) electrons. The molecule has 2 aromatic rings. The van der Waals surface area contributed by atoms with Crippen molar-refractivity contribution in [1.29, 1.82) is 0 Å². The SMILES string of the molecule is COc1ccc(C(=O)CN(C2=NCCCC2)c2ccccc2C)cc1. The molecule has 0 saturated carbocycles. The maximum atomic E-state index is 12.8. The average molecular weight is 336 g/mol. The number of hydrogen-bond donors (Lipinski definition) is 0. The molecule has 130 valence electrons. The summed E-state index contributed by atoms with van der Waals surface area (Å²) in [4.78, 5) is 19.6. The number of Topliss-reactive ketones (excluding diaryl/α,β-unsaturated/α-hetero) is 1. The van der Waals surface area contributed by atoms with E-state index in [2.05, 4.69) is 24.0 Å². The molecule has 0 bridgehead atoms. The molecule has 0 saturated heterocycles. The monoisotopic (exact) mass is 336 g/mol. The van der Waals surface area contributed by atoms with Gasteiger partial charge in [-0.1, -0.05) is 18.2 Å². The summed E-state index contributed by atoms with van der Waals surface area (Å²) < 4.78 is 5.17. The number of nitrogens with zero attached hydrogens (tertiary/aromatic N) is 2. The summed E-state index contributed by atoms with van der Waals surface area (Å²) in [6.45, 7) is 3.22. The minimum absolute atomic E-state index is 0.0826. The maximum Gasteiger partial charge on any atom is 0.182 e. The first-order valence-corrected chi connectivity index (χ1v) is 8.73. The van der Waals surface area contributed by atoms with Gasteiger partial charge in [0.1, 0.15) is 11.6 Å². The van der Waals surface area contributed by atoms with Crippen molar-refractivity contribution >= 4 is 17.3 Å². The fraction of sp³-hybridized carbons (Fsp3) is 0.333.